The van der Waals surface area contributed by atoms with Crippen LogP contribution in [0.5, 0.6) is 5.75 Å². The lowest BCUT2D eigenvalue weighted by atomic mass is 10.0. The summed E-state index contributed by atoms with van der Waals surface area (Å²) in [5, 5.41) is 4.78. The Bertz CT molecular complexity index is 1440. The van der Waals surface area contributed by atoms with E-state index in [1.54, 1.807) is 19.1 Å². The molecule has 0 aliphatic carbocycles. The lowest BCUT2D eigenvalue weighted by molar-refractivity contribution is 0.0109. The van der Waals surface area contributed by atoms with Crippen LogP contribution in [0.1, 0.15) is 34.7 Å². The largest absolute Gasteiger partial charge is 0.491 e. The number of rotatable bonds is 4. The van der Waals surface area contributed by atoms with Gasteiger partial charge in [0, 0.05) is 57.3 Å². The van der Waals surface area contributed by atoms with E-state index >= 15 is 0 Å². The molecule has 1 aliphatic rings. The normalized spacial score (nSPS) is 19.6. The van der Waals surface area contributed by atoms with E-state index in [9.17, 15) is 23.2 Å². The number of urea groups is 1. The molecule has 13 heteroatoms. The fourth-order valence-electron chi connectivity index (χ4n) is 4.57. The average molecular weight is 583 g/mol. The number of amides is 4. The van der Waals surface area contributed by atoms with Gasteiger partial charge in [0.05, 0.1) is 29.6 Å². The van der Waals surface area contributed by atoms with Crippen molar-refractivity contribution in [1.29, 1.82) is 0 Å². The molecule has 4 amide bonds. The van der Waals surface area contributed by atoms with Gasteiger partial charge in [-0.25, -0.2) is 18.6 Å². The second kappa shape index (κ2) is 13.3. The van der Waals surface area contributed by atoms with Gasteiger partial charge in [-0.3, -0.25) is 14.6 Å². The smallest absolute Gasteiger partial charge is 0.323 e. The molecule has 3 aromatic rings. The topological polar surface area (TPSA) is 126 Å². The maximum atomic E-state index is 14.0. The highest BCUT2D eigenvalue weighted by Crippen LogP contribution is 2.27. The molecule has 11 nitrogen and oxygen atoms in total. The molecule has 2 heterocycles. The quantitative estimate of drug-likeness (QED) is 0.476. The number of methoxy groups -OCH3 is 1. The van der Waals surface area contributed by atoms with E-state index in [0.29, 0.717) is 6.54 Å². The van der Waals surface area contributed by atoms with E-state index < -0.39 is 29.8 Å². The van der Waals surface area contributed by atoms with Crippen molar-refractivity contribution in [1.82, 2.24) is 19.8 Å². The standard InChI is InChI=1S/C29H32F2N6O5/c1-17-14-37(28(39)24-13-32-9-10-33-24)18(2)16-42-25-8-6-20(12-21(25)27(38)36(3)15-26(17)41-4)34-29(40)35-23-11-19(30)5-7-22(23)31/h5-13,17-18,26H,14-16H2,1-4H3,(H2,34,35,40)/t17-,18+,26-/m1/s1. The first-order valence-electron chi connectivity index (χ1n) is 13.2. The number of anilines is 2. The minimum atomic E-state index is -0.839. The third kappa shape index (κ3) is 7.16. The van der Waals surface area contributed by atoms with E-state index in [1.807, 2.05) is 13.8 Å². The molecule has 2 N–H and O–H groups in total. The summed E-state index contributed by atoms with van der Waals surface area (Å²) >= 11 is 0. The van der Waals surface area contributed by atoms with Crippen LogP contribution in [0.3, 0.4) is 0 Å². The van der Waals surface area contributed by atoms with Gasteiger partial charge in [-0.15, -0.1) is 0 Å². The Labute approximate surface area is 241 Å². The number of hydrogen-bond donors (Lipinski definition) is 2. The molecule has 0 fully saturated rings. The summed E-state index contributed by atoms with van der Waals surface area (Å²) in [6.07, 6.45) is 3.92. The molecule has 2 aromatic carbocycles. The molecule has 0 saturated carbocycles. The number of hydrogen-bond acceptors (Lipinski definition) is 7. The summed E-state index contributed by atoms with van der Waals surface area (Å²) in [5.41, 5.74) is 0.212. The summed E-state index contributed by atoms with van der Waals surface area (Å²) in [6.45, 7) is 4.32. The minimum Gasteiger partial charge on any atom is -0.491 e. The fourth-order valence-corrected chi connectivity index (χ4v) is 4.57. The molecule has 0 spiro atoms. The highest BCUT2D eigenvalue weighted by atomic mass is 19.1. The average Bonchev–Trinajstić information content (AvgIpc) is 2.98. The summed E-state index contributed by atoms with van der Waals surface area (Å²) in [6, 6.07) is 5.88. The molecule has 222 valence electrons. The maximum Gasteiger partial charge on any atom is 0.323 e. The van der Waals surface area contributed by atoms with Crippen LogP contribution in [0.15, 0.2) is 55.0 Å². The number of carbonyl (C=O) groups excluding carboxylic acids is 3. The zero-order valence-electron chi connectivity index (χ0n) is 23.6. The van der Waals surface area contributed by atoms with Crippen molar-refractivity contribution < 1.29 is 32.6 Å². The molecule has 1 aromatic heterocycles. The van der Waals surface area contributed by atoms with Crippen molar-refractivity contribution in [3.63, 3.8) is 0 Å². The first-order chi connectivity index (χ1) is 20.1. The van der Waals surface area contributed by atoms with Gasteiger partial charge in [-0.05, 0) is 37.3 Å². The lowest BCUT2D eigenvalue weighted by Crippen LogP contribution is -2.48. The third-order valence-electron chi connectivity index (χ3n) is 6.92. The Morgan fingerprint density at radius 1 is 1.07 bits per heavy atom. The summed E-state index contributed by atoms with van der Waals surface area (Å²) < 4.78 is 39.3. The van der Waals surface area contributed by atoms with Crippen LogP contribution < -0.4 is 15.4 Å². The summed E-state index contributed by atoms with van der Waals surface area (Å²) in [4.78, 5) is 50.8. The first-order valence-corrected chi connectivity index (χ1v) is 13.2. The van der Waals surface area contributed by atoms with Gasteiger partial charge < -0.3 is 29.9 Å². The van der Waals surface area contributed by atoms with E-state index in [1.165, 1.54) is 41.7 Å². The Balaban J connectivity index is 1.61. The van der Waals surface area contributed by atoms with Crippen LogP contribution in [0, 0.1) is 17.6 Å². The van der Waals surface area contributed by atoms with Crippen molar-refractivity contribution in [2.24, 2.45) is 5.92 Å². The molecular weight excluding hydrogens is 550 g/mol. The van der Waals surface area contributed by atoms with E-state index in [2.05, 4.69) is 20.6 Å². The van der Waals surface area contributed by atoms with E-state index in [0.717, 1.165) is 18.2 Å². The Morgan fingerprint density at radius 3 is 2.57 bits per heavy atom. The molecule has 0 bridgehead atoms. The van der Waals surface area contributed by atoms with E-state index in [4.69, 9.17) is 9.47 Å². The number of nitrogens with one attached hydrogen (secondary N) is 2. The van der Waals surface area contributed by atoms with Crippen LogP contribution in [-0.2, 0) is 4.74 Å². The van der Waals surface area contributed by atoms with Crippen LogP contribution in [0.4, 0.5) is 25.0 Å². The molecule has 42 heavy (non-hydrogen) atoms. The second-order valence-corrected chi connectivity index (χ2v) is 10.1. The maximum absolute atomic E-state index is 14.0. The Kier molecular flexibility index (Phi) is 9.63. The highest BCUT2D eigenvalue weighted by Gasteiger charge is 2.31. The van der Waals surface area contributed by atoms with Gasteiger partial charge in [-0.2, -0.15) is 0 Å². The summed E-state index contributed by atoms with van der Waals surface area (Å²) in [5.74, 6) is -2.17. The second-order valence-electron chi connectivity index (χ2n) is 10.1. The van der Waals surface area contributed by atoms with Crippen molar-refractivity contribution >= 4 is 29.2 Å². The summed E-state index contributed by atoms with van der Waals surface area (Å²) in [7, 11) is 3.16. The zero-order valence-corrected chi connectivity index (χ0v) is 23.6. The van der Waals surface area contributed by atoms with Gasteiger partial charge >= 0.3 is 6.03 Å². The van der Waals surface area contributed by atoms with Crippen molar-refractivity contribution in [3.8, 4) is 5.75 Å². The molecule has 0 radical (unpaired) electrons. The van der Waals surface area contributed by atoms with Crippen molar-refractivity contribution in [2.75, 3.05) is 44.5 Å². The van der Waals surface area contributed by atoms with Gasteiger partial charge in [0.1, 0.15) is 29.7 Å². The Hall–Kier alpha value is -4.65. The number of fused-ring (bicyclic) bond motifs is 1. The minimum absolute atomic E-state index is 0.0481. The molecular formula is C29H32F2N6O5. The Morgan fingerprint density at radius 2 is 1.86 bits per heavy atom. The number of ether oxygens (including phenoxy) is 2. The number of benzene rings is 2. The number of nitrogens with zero attached hydrogens (tertiary/aromatic N) is 4. The van der Waals surface area contributed by atoms with Crippen LogP contribution in [0.2, 0.25) is 0 Å². The van der Waals surface area contributed by atoms with Gasteiger partial charge in [0.25, 0.3) is 11.8 Å². The van der Waals surface area contributed by atoms with Gasteiger partial charge in [-0.1, -0.05) is 6.92 Å². The van der Waals surface area contributed by atoms with Crippen LogP contribution >= 0.6 is 0 Å². The fraction of sp³-hybridized carbons (Fsp3) is 0.345. The molecule has 3 atom stereocenters. The number of carbonyl (C=O) groups is 3. The van der Waals surface area contributed by atoms with Crippen LogP contribution in [-0.4, -0.2) is 83.6 Å². The molecule has 1 aliphatic heterocycles. The predicted octanol–water partition coefficient (Wildman–Crippen LogP) is 4.05. The number of halogens is 2. The van der Waals surface area contributed by atoms with Crippen molar-refractivity contribution in [2.45, 2.75) is 26.0 Å². The third-order valence-corrected chi connectivity index (χ3v) is 6.92. The number of aromatic nitrogens is 2. The first kappa shape index (κ1) is 30.3. The number of likely N-dealkylation sites (N-methyl/N-ethyl adjacent to an activating group) is 1. The van der Waals surface area contributed by atoms with Crippen LogP contribution in [0.25, 0.3) is 0 Å². The SMILES string of the molecule is CO[C@@H]1CN(C)C(=O)c2cc(NC(=O)Nc3cc(F)ccc3F)ccc2OC[C@H](C)N(C(=O)c2cnccn2)C[C@H]1C. The van der Waals surface area contributed by atoms with E-state index in [-0.39, 0.29) is 59.3 Å². The lowest BCUT2D eigenvalue weighted by Gasteiger charge is -2.35. The van der Waals surface area contributed by atoms with Crippen molar-refractivity contribution in [3.05, 3.63) is 77.9 Å². The highest BCUT2D eigenvalue weighted by molar-refractivity contribution is 6.02. The predicted molar refractivity (Wildman–Crippen MR) is 150 cm³/mol. The zero-order chi connectivity index (χ0) is 30.4. The molecule has 4 rings (SSSR count). The van der Waals surface area contributed by atoms with Gasteiger partial charge in [0.15, 0.2) is 0 Å². The van der Waals surface area contributed by atoms with Gasteiger partial charge in [0.2, 0.25) is 0 Å². The molecule has 0 unspecified atom stereocenters. The molecule has 0 saturated heterocycles. The monoisotopic (exact) mass is 582 g/mol.